The molecule has 0 saturated carbocycles. The molecule has 152 valence electrons. The maximum absolute atomic E-state index is 12.8. The fraction of sp³-hybridized carbons (Fsp3) is 0.400. The number of H-pyrrole nitrogens is 1. The molecule has 1 aromatic heterocycles. The molecular formula is C20H24N6O3. The van der Waals surface area contributed by atoms with E-state index in [4.69, 9.17) is 0 Å². The summed E-state index contributed by atoms with van der Waals surface area (Å²) in [6.07, 6.45) is 3.97. The van der Waals surface area contributed by atoms with Gasteiger partial charge in [-0.15, -0.1) is 0 Å². The number of aromatic nitrogens is 2. The first-order valence-electron chi connectivity index (χ1n) is 9.75. The van der Waals surface area contributed by atoms with E-state index in [0.717, 1.165) is 29.9 Å². The van der Waals surface area contributed by atoms with Gasteiger partial charge in [0.25, 0.3) is 5.91 Å². The van der Waals surface area contributed by atoms with Crippen LogP contribution in [0.3, 0.4) is 0 Å². The van der Waals surface area contributed by atoms with Gasteiger partial charge in [0.15, 0.2) is 0 Å². The quantitative estimate of drug-likeness (QED) is 0.652. The number of aromatic amines is 1. The van der Waals surface area contributed by atoms with Crippen molar-refractivity contribution in [2.45, 2.75) is 19.4 Å². The number of piperazine rings is 1. The molecule has 0 spiro atoms. The summed E-state index contributed by atoms with van der Waals surface area (Å²) in [6, 6.07) is 7.16. The van der Waals surface area contributed by atoms with Crippen molar-refractivity contribution in [3.63, 3.8) is 0 Å². The van der Waals surface area contributed by atoms with Crippen LogP contribution in [0.5, 0.6) is 0 Å². The molecule has 9 nitrogen and oxygen atoms in total. The summed E-state index contributed by atoms with van der Waals surface area (Å²) < 4.78 is 0. The number of hydrogen-bond acceptors (Lipinski definition) is 5. The second-order valence-corrected chi connectivity index (χ2v) is 7.50. The van der Waals surface area contributed by atoms with Gasteiger partial charge in [0.1, 0.15) is 6.04 Å². The van der Waals surface area contributed by atoms with Crippen molar-refractivity contribution in [1.29, 1.82) is 0 Å². The molecule has 2 unspecified atom stereocenters. The lowest BCUT2D eigenvalue weighted by atomic mass is 10.00. The third kappa shape index (κ3) is 4.08. The van der Waals surface area contributed by atoms with Gasteiger partial charge < -0.3 is 15.1 Å². The van der Waals surface area contributed by atoms with Crippen molar-refractivity contribution >= 4 is 23.5 Å². The van der Waals surface area contributed by atoms with Gasteiger partial charge in [-0.3, -0.25) is 20.0 Å². The number of urea groups is 1. The molecule has 0 aliphatic carbocycles. The number of carbonyl (C=O) groups is 3. The van der Waals surface area contributed by atoms with Crippen molar-refractivity contribution in [3.8, 4) is 11.1 Å². The van der Waals surface area contributed by atoms with E-state index >= 15 is 0 Å². The van der Waals surface area contributed by atoms with Gasteiger partial charge in [0, 0.05) is 49.5 Å². The third-order valence-electron chi connectivity index (χ3n) is 5.50. The zero-order valence-corrected chi connectivity index (χ0v) is 16.2. The number of benzene rings is 1. The molecule has 2 fully saturated rings. The number of nitrogens with zero attached hydrogens (tertiary/aromatic N) is 3. The molecule has 2 aliphatic rings. The Morgan fingerprint density at radius 1 is 1.21 bits per heavy atom. The molecular weight excluding hydrogens is 372 g/mol. The van der Waals surface area contributed by atoms with Crippen molar-refractivity contribution in [2.75, 3.05) is 31.1 Å². The van der Waals surface area contributed by atoms with E-state index in [1.807, 2.05) is 23.2 Å². The van der Waals surface area contributed by atoms with Gasteiger partial charge in [0.2, 0.25) is 5.91 Å². The molecule has 1 aromatic carbocycles. The van der Waals surface area contributed by atoms with E-state index in [0.29, 0.717) is 19.5 Å². The summed E-state index contributed by atoms with van der Waals surface area (Å²) in [4.78, 5) is 39.8. The maximum atomic E-state index is 12.8. The normalized spacial score (nSPS) is 20.4. The van der Waals surface area contributed by atoms with E-state index in [9.17, 15) is 14.4 Å². The predicted molar refractivity (Wildman–Crippen MR) is 107 cm³/mol. The minimum Gasteiger partial charge on any atom is -0.368 e. The molecule has 0 radical (unpaired) electrons. The molecule has 3 N–H and O–H groups in total. The van der Waals surface area contributed by atoms with Gasteiger partial charge in [-0.05, 0) is 24.1 Å². The molecule has 2 aromatic rings. The zero-order chi connectivity index (χ0) is 20.4. The summed E-state index contributed by atoms with van der Waals surface area (Å²) >= 11 is 0. The van der Waals surface area contributed by atoms with E-state index in [2.05, 4.69) is 37.9 Å². The van der Waals surface area contributed by atoms with Crippen LogP contribution < -0.4 is 15.5 Å². The Balaban J connectivity index is 1.33. The highest BCUT2D eigenvalue weighted by Crippen LogP contribution is 2.25. The smallest absolute Gasteiger partial charge is 0.322 e. The van der Waals surface area contributed by atoms with Crippen LogP contribution in [0.15, 0.2) is 36.7 Å². The SMILES string of the molecule is CC(CC1NC(=O)NC1=O)C(=O)N1CCN(c2cccc(-c3cn[nH]c3)c2)CC1. The van der Waals surface area contributed by atoms with Crippen LogP contribution in [0.1, 0.15) is 13.3 Å². The van der Waals surface area contributed by atoms with Crippen molar-refractivity contribution in [2.24, 2.45) is 5.92 Å². The Morgan fingerprint density at radius 3 is 2.66 bits per heavy atom. The molecule has 4 rings (SSSR count). The van der Waals surface area contributed by atoms with E-state index in [-0.39, 0.29) is 17.7 Å². The van der Waals surface area contributed by atoms with Crippen LogP contribution in [-0.4, -0.2) is 65.2 Å². The molecule has 2 aliphatic heterocycles. The number of amides is 4. The number of carbonyl (C=O) groups excluding carboxylic acids is 3. The van der Waals surface area contributed by atoms with Crippen LogP contribution in [-0.2, 0) is 9.59 Å². The van der Waals surface area contributed by atoms with Crippen LogP contribution in [0.2, 0.25) is 0 Å². The van der Waals surface area contributed by atoms with Crippen LogP contribution in [0.4, 0.5) is 10.5 Å². The molecule has 29 heavy (non-hydrogen) atoms. The number of hydrogen-bond donors (Lipinski definition) is 3. The minimum absolute atomic E-state index is 0.0192. The number of imide groups is 1. The maximum Gasteiger partial charge on any atom is 0.322 e. The van der Waals surface area contributed by atoms with Crippen LogP contribution in [0, 0.1) is 5.92 Å². The summed E-state index contributed by atoms with van der Waals surface area (Å²) in [7, 11) is 0. The first-order valence-corrected chi connectivity index (χ1v) is 9.75. The highest BCUT2D eigenvalue weighted by molar-refractivity contribution is 6.04. The number of anilines is 1. The molecule has 3 heterocycles. The lowest BCUT2D eigenvalue weighted by Gasteiger charge is -2.37. The summed E-state index contributed by atoms with van der Waals surface area (Å²) in [5, 5.41) is 11.6. The summed E-state index contributed by atoms with van der Waals surface area (Å²) in [5.41, 5.74) is 3.26. The topological polar surface area (TPSA) is 110 Å². The molecule has 9 heteroatoms. The number of nitrogens with one attached hydrogen (secondary N) is 3. The molecule has 0 bridgehead atoms. The Labute approximate surface area is 168 Å². The minimum atomic E-state index is -0.631. The third-order valence-corrected chi connectivity index (χ3v) is 5.50. The van der Waals surface area contributed by atoms with Crippen molar-refractivity contribution in [3.05, 3.63) is 36.7 Å². The lowest BCUT2D eigenvalue weighted by molar-refractivity contribution is -0.135. The van der Waals surface area contributed by atoms with Crippen molar-refractivity contribution in [1.82, 2.24) is 25.7 Å². The Bertz CT molecular complexity index is 905. The standard InChI is InChI=1S/C20H24N6O3/c1-13(9-17-18(27)24-20(29)23-17)19(28)26-7-5-25(6-8-26)16-4-2-3-14(10-16)15-11-21-22-12-15/h2-4,10-13,17H,5-9H2,1H3,(H,21,22)(H2,23,24,27,29). The van der Waals surface area contributed by atoms with E-state index in [1.54, 1.807) is 13.1 Å². The first kappa shape index (κ1) is 19.0. The fourth-order valence-electron chi connectivity index (χ4n) is 3.87. The van der Waals surface area contributed by atoms with Gasteiger partial charge in [-0.1, -0.05) is 19.1 Å². The van der Waals surface area contributed by atoms with Crippen molar-refractivity contribution < 1.29 is 14.4 Å². The van der Waals surface area contributed by atoms with Crippen LogP contribution in [0.25, 0.3) is 11.1 Å². The molecule has 2 atom stereocenters. The summed E-state index contributed by atoms with van der Waals surface area (Å²) in [5.74, 6) is -0.678. The highest BCUT2D eigenvalue weighted by Gasteiger charge is 2.34. The highest BCUT2D eigenvalue weighted by atomic mass is 16.2. The Morgan fingerprint density at radius 2 is 2.00 bits per heavy atom. The van der Waals surface area contributed by atoms with Gasteiger partial charge in [-0.25, -0.2) is 4.79 Å². The largest absolute Gasteiger partial charge is 0.368 e. The van der Waals surface area contributed by atoms with Gasteiger partial charge >= 0.3 is 6.03 Å². The average Bonchev–Trinajstić information content (AvgIpc) is 3.37. The van der Waals surface area contributed by atoms with E-state index in [1.165, 1.54) is 0 Å². The summed E-state index contributed by atoms with van der Waals surface area (Å²) in [6.45, 7) is 4.55. The first-order chi connectivity index (χ1) is 14.0. The predicted octanol–water partition coefficient (Wildman–Crippen LogP) is 0.960. The van der Waals surface area contributed by atoms with Gasteiger partial charge in [-0.2, -0.15) is 5.10 Å². The molecule has 2 saturated heterocycles. The second-order valence-electron chi connectivity index (χ2n) is 7.50. The zero-order valence-electron chi connectivity index (χ0n) is 16.2. The van der Waals surface area contributed by atoms with Crippen LogP contribution >= 0.6 is 0 Å². The average molecular weight is 396 g/mol. The Hall–Kier alpha value is -3.36. The lowest BCUT2D eigenvalue weighted by Crippen LogP contribution is -2.50. The van der Waals surface area contributed by atoms with Gasteiger partial charge in [0.05, 0.1) is 6.20 Å². The Kier molecular flexibility index (Phi) is 5.20. The second kappa shape index (κ2) is 7.94. The van der Waals surface area contributed by atoms with E-state index < -0.39 is 12.1 Å². The monoisotopic (exact) mass is 396 g/mol. The molecule has 4 amide bonds. The number of rotatable bonds is 5. The fourth-order valence-corrected chi connectivity index (χ4v) is 3.87.